The number of carbonyl (C=O) groups is 1. The van der Waals surface area contributed by atoms with Crippen LogP contribution in [-0.2, 0) is 4.74 Å². The summed E-state index contributed by atoms with van der Waals surface area (Å²) in [4.78, 5) is 14.1. The monoisotopic (exact) mass is 333 g/mol. The van der Waals surface area contributed by atoms with Gasteiger partial charge in [-0.2, -0.15) is 4.37 Å². The van der Waals surface area contributed by atoms with Gasteiger partial charge in [0.25, 0.3) is 0 Å². The van der Waals surface area contributed by atoms with Gasteiger partial charge in [-0.1, -0.05) is 12.1 Å². The van der Waals surface area contributed by atoms with Crippen LogP contribution in [0.2, 0.25) is 0 Å². The Balaban J connectivity index is 1.56. The summed E-state index contributed by atoms with van der Waals surface area (Å²) in [6.07, 6.45) is 0.719. The molecule has 1 atom stereocenters. The SMILES string of the molecule is CC(C)(C)OC(=O)NC[C@@H]1CCN(c2nsc3ccccc23)C1. The van der Waals surface area contributed by atoms with Crippen LogP contribution >= 0.6 is 11.5 Å². The number of nitrogens with one attached hydrogen (secondary N) is 1. The van der Waals surface area contributed by atoms with Gasteiger partial charge in [0.15, 0.2) is 0 Å². The van der Waals surface area contributed by atoms with Crippen LogP contribution in [0.25, 0.3) is 10.1 Å². The Labute approximate surface area is 140 Å². The van der Waals surface area contributed by atoms with Crippen molar-refractivity contribution in [1.82, 2.24) is 9.69 Å². The van der Waals surface area contributed by atoms with E-state index in [1.807, 2.05) is 26.8 Å². The molecule has 0 unspecified atom stereocenters. The minimum absolute atomic E-state index is 0.338. The molecule has 3 rings (SSSR count). The van der Waals surface area contributed by atoms with Gasteiger partial charge in [0.2, 0.25) is 0 Å². The second kappa shape index (κ2) is 6.35. The average Bonchev–Trinajstić information content (AvgIpc) is 3.09. The van der Waals surface area contributed by atoms with Crippen LogP contribution in [0.3, 0.4) is 0 Å². The molecule has 1 amide bonds. The number of ether oxygens (including phenoxy) is 1. The van der Waals surface area contributed by atoms with Crippen LogP contribution in [0.5, 0.6) is 0 Å². The van der Waals surface area contributed by atoms with Crippen molar-refractivity contribution in [3.8, 4) is 0 Å². The van der Waals surface area contributed by atoms with Gasteiger partial charge >= 0.3 is 6.09 Å². The van der Waals surface area contributed by atoms with Crippen molar-refractivity contribution in [2.24, 2.45) is 5.92 Å². The first kappa shape index (κ1) is 16.1. The number of fused-ring (bicyclic) bond motifs is 1. The van der Waals surface area contributed by atoms with E-state index in [1.165, 1.54) is 10.1 Å². The summed E-state index contributed by atoms with van der Waals surface area (Å²) >= 11 is 1.55. The maximum Gasteiger partial charge on any atom is 0.407 e. The minimum Gasteiger partial charge on any atom is -0.444 e. The van der Waals surface area contributed by atoms with Crippen LogP contribution < -0.4 is 10.2 Å². The average molecular weight is 333 g/mol. The van der Waals surface area contributed by atoms with E-state index in [0.717, 1.165) is 25.3 Å². The van der Waals surface area contributed by atoms with E-state index in [9.17, 15) is 4.79 Å². The van der Waals surface area contributed by atoms with Gasteiger partial charge in [0, 0.05) is 25.0 Å². The lowest BCUT2D eigenvalue weighted by Crippen LogP contribution is -2.36. The molecule has 1 aliphatic rings. The predicted octanol–water partition coefficient (Wildman–Crippen LogP) is 3.65. The zero-order chi connectivity index (χ0) is 16.4. The lowest BCUT2D eigenvalue weighted by Gasteiger charge is -2.21. The number of amides is 1. The Morgan fingerprint density at radius 1 is 1.43 bits per heavy atom. The second-order valence-electron chi connectivity index (χ2n) is 6.99. The third kappa shape index (κ3) is 3.93. The smallest absolute Gasteiger partial charge is 0.407 e. The standard InChI is InChI=1S/C17H23N3O2S/c1-17(2,3)22-16(21)18-10-12-8-9-20(11-12)15-13-6-4-5-7-14(13)23-19-15/h4-7,12H,8-11H2,1-3H3,(H,18,21)/t12-/m0/s1. The van der Waals surface area contributed by atoms with Gasteiger partial charge in [-0.3, -0.25) is 0 Å². The summed E-state index contributed by atoms with van der Waals surface area (Å²) in [5.74, 6) is 1.51. The van der Waals surface area contributed by atoms with Crippen molar-refractivity contribution in [3.63, 3.8) is 0 Å². The summed E-state index contributed by atoms with van der Waals surface area (Å²) < 4.78 is 11.1. The van der Waals surface area contributed by atoms with E-state index >= 15 is 0 Å². The molecule has 0 aliphatic carbocycles. The van der Waals surface area contributed by atoms with Crippen LogP contribution in [0, 0.1) is 5.92 Å². The molecular weight excluding hydrogens is 310 g/mol. The van der Waals surface area contributed by atoms with Gasteiger partial charge in [0.1, 0.15) is 11.4 Å². The molecule has 1 N–H and O–H groups in total. The van der Waals surface area contributed by atoms with Crippen molar-refractivity contribution in [2.75, 3.05) is 24.5 Å². The number of alkyl carbamates (subject to hydrolysis) is 1. The largest absolute Gasteiger partial charge is 0.444 e. The highest BCUT2D eigenvalue weighted by Gasteiger charge is 2.26. The van der Waals surface area contributed by atoms with Crippen molar-refractivity contribution in [1.29, 1.82) is 0 Å². The molecule has 5 nitrogen and oxygen atoms in total. The molecule has 2 heterocycles. The molecule has 2 aromatic rings. The molecule has 6 heteroatoms. The summed E-state index contributed by atoms with van der Waals surface area (Å²) in [6, 6.07) is 8.33. The predicted molar refractivity (Wildman–Crippen MR) is 94.2 cm³/mol. The van der Waals surface area contributed by atoms with Crippen LogP contribution in [0.15, 0.2) is 24.3 Å². The number of hydrogen-bond acceptors (Lipinski definition) is 5. The molecule has 23 heavy (non-hydrogen) atoms. The van der Waals surface area contributed by atoms with E-state index in [4.69, 9.17) is 4.74 Å². The summed E-state index contributed by atoms with van der Waals surface area (Å²) in [5, 5.41) is 4.10. The Kier molecular flexibility index (Phi) is 4.43. The fourth-order valence-corrected chi connectivity index (χ4v) is 3.63. The molecule has 1 saturated heterocycles. The third-order valence-corrected chi connectivity index (χ3v) is 4.69. The number of benzene rings is 1. The maximum absolute atomic E-state index is 11.7. The highest BCUT2D eigenvalue weighted by Crippen LogP contribution is 2.32. The van der Waals surface area contributed by atoms with Gasteiger partial charge in [-0.25, -0.2) is 4.79 Å². The number of hydrogen-bond donors (Lipinski definition) is 1. The normalized spacial score (nSPS) is 18.4. The van der Waals surface area contributed by atoms with Crippen molar-refractivity contribution in [3.05, 3.63) is 24.3 Å². The fraction of sp³-hybridized carbons (Fsp3) is 0.529. The minimum atomic E-state index is -0.453. The summed E-state index contributed by atoms with van der Waals surface area (Å²) in [7, 11) is 0. The molecule has 0 bridgehead atoms. The van der Waals surface area contributed by atoms with Crippen LogP contribution in [-0.4, -0.2) is 35.7 Å². The molecule has 0 radical (unpaired) electrons. The fourth-order valence-electron chi connectivity index (χ4n) is 2.83. The molecule has 1 aromatic heterocycles. The zero-order valence-electron chi connectivity index (χ0n) is 13.8. The van der Waals surface area contributed by atoms with Gasteiger partial charge < -0.3 is 15.0 Å². The van der Waals surface area contributed by atoms with Crippen LogP contribution in [0.1, 0.15) is 27.2 Å². The first-order valence-corrected chi connectivity index (χ1v) is 8.76. The maximum atomic E-state index is 11.7. The van der Waals surface area contributed by atoms with E-state index in [1.54, 1.807) is 11.5 Å². The molecular formula is C17H23N3O2S. The Morgan fingerprint density at radius 3 is 3.00 bits per heavy atom. The topological polar surface area (TPSA) is 54.5 Å². The molecule has 1 fully saturated rings. The molecule has 0 spiro atoms. The highest BCUT2D eigenvalue weighted by molar-refractivity contribution is 7.13. The van der Waals surface area contributed by atoms with E-state index in [-0.39, 0.29) is 6.09 Å². The quantitative estimate of drug-likeness (QED) is 0.931. The van der Waals surface area contributed by atoms with Gasteiger partial charge in [-0.15, -0.1) is 0 Å². The van der Waals surface area contributed by atoms with Gasteiger partial charge in [-0.05, 0) is 56.8 Å². The lowest BCUT2D eigenvalue weighted by atomic mass is 10.1. The number of aromatic nitrogens is 1. The molecule has 0 saturated carbocycles. The van der Waals surface area contributed by atoms with Gasteiger partial charge in [0.05, 0.1) is 4.70 Å². The van der Waals surface area contributed by atoms with Crippen molar-refractivity contribution < 1.29 is 9.53 Å². The highest BCUT2D eigenvalue weighted by atomic mass is 32.1. The van der Waals surface area contributed by atoms with E-state index in [2.05, 4.69) is 32.8 Å². The second-order valence-corrected chi connectivity index (χ2v) is 7.79. The molecule has 1 aliphatic heterocycles. The van der Waals surface area contributed by atoms with E-state index < -0.39 is 5.60 Å². The number of nitrogens with zero attached hydrogens (tertiary/aromatic N) is 2. The number of anilines is 1. The van der Waals surface area contributed by atoms with E-state index in [0.29, 0.717) is 12.5 Å². The summed E-state index contributed by atoms with van der Waals surface area (Å²) in [5.41, 5.74) is -0.453. The zero-order valence-corrected chi connectivity index (χ0v) is 14.7. The van der Waals surface area contributed by atoms with Crippen molar-refractivity contribution in [2.45, 2.75) is 32.8 Å². The third-order valence-electron chi connectivity index (χ3n) is 3.88. The van der Waals surface area contributed by atoms with Crippen LogP contribution in [0.4, 0.5) is 10.6 Å². The first-order valence-electron chi connectivity index (χ1n) is 7.98. The Hall–Kier alpha value is -1.82. The molecule has 124 valence electrons. The first-order chi connectivity index (χ1) is 10.9. The lowest BCUT2D eigenvalue weighted by molar-refractivity contribution is 0.0520. The summed E-state index contributed by atoms with van der Waals surface area (Å²) in [6.45, 7) is 8.16. The molecule has 1 aromatic carbocycles. The number of carbonyl (C=O) groups excluding carboxylic acids is 1. The van der Waals surface area contributed by atoms with Crippen molar-refractivity contribution >= 4 is 33.5 Å². The Bertz CT molecular complexity index is 692. The number of rotatable bonds is 3. The Morgan fingerprint density at radius 2 is 2.22 bits per heavy atom.